The van der Waals surface area contributed by atoms with E-state index in [1.807, 2.05) is 0 Å². The molecular formula is C6H15N3. The summed E-state index contributed by atoms with van der Waals surface area (Å²) >= 11 is 0. The third kappa shape index (κ3) is 1.64. The Hall–Kier alpha value is -0.120. The van der Waals surface area contributed by atoms with Gasteiger partial charge in [-0.3, -0.25) is 5.32 Å². The zero-order valence-corrected chi connectivity index (χ0v) is 6.07. The molecule has 2 atom stereocenters. The van der Waals surface area contributed by atoms with Crippen LogP contribution in [-0.2, 0) is 0 Å². The second kappa shape index (κ2) is 3.15. The summed E-state index contributed by atoms with van der Waals surface area (Å²) in [6.45, 7) is 4.31. The van der Waals surface area contributed by atoms with E-state index in [4.69, 9.17) is 0 Å². The molecule has 1 aliphatic heterocycles. The van der Waals surface area contributed by atoms with Crippen LogP contribution in [0.3, 0.4) is 0 Å². The van der Waals surface area contributed by atoms with Crippen molar-refractivity contribution in [3.63, 3.8) is 0 Å². The summed E-state index contributed by atoms with van der Waals surface area (Å²) in [6, 6.07) is 0. The molecule has 0 spiro atoms. The quantitative estimate of drug-likeness (QED) is 0.497. The van der Waals surface area contributed by atoms with E-state index in [1.54, 1.807) is 0 Å². The lowest BCUT2D eigenvalue weighted by Crippen LogP contribution is -2.32. The van der Waals surface area contributed by atoms with Gasteiger partial charge in [-0.2, -0.15) is 0 Å². The van der Waals surface area contributed by atoms with E-state index in [0.717, 1.165) is 12.8 Å². The molecule has 0 radical (unpaired) electrons. The van der Waals surface area contributed by atoms with Gasteiger partial charge in [0.05, 0.1) is 12.3 Å². The van der Waals surface area contributed by atoms with Crippen molar-refractivity contribution in [3.8, 4) is 0 Å². The first-order valence-electron chi connectivity index (χ1n) is 3.64. The average molecular weight is 129 g/mol. The molecule has 1 saturated heterocycles. The van der Waals surface area contributed by atoms with Crippen LogP contribution in [0.4, 0.5) is 0 Å². The molecule has 1 heterocycles. The van der Waals surface area contributed by atoms with Gasteiger partial charge in [0.1, 0.15) is 0 Å². The predicted molar refractivity (Wildman–Crippen MR) is 37.6 cm³/mol. The molecule has 1 fully saturated rings. The second-order valence-corrected chi connectivity index (χ2v) is 2.38. The topological polar surface area (TPSA) is 36.1 Å². The predicted octanol–water partition coefficient (Wildman–Crippen LogP) is 0.156. The van der Waals surface area contributed by atoms with Gasteiger partial charge < -0.3 is 0 Å². The number of hydrogen-bond donors (Lipinski definition) is 3. The molecule has 9 heavy (non-hydrogen) atoms. The Morgan fingerprint density at radius 1 is 1.00 bits per heavy atom. The van der Waals surface area contributed by atoms with Gasteiger partial charge in [-0.1, -0.05) is 13.8 Å². The van der Waals surface area contributed by atoms with Crippen LogP contribution in [-0.4, -0.2) is 12.3 Å². The molecule has 2 unspecified atom stereocenters. The van der Waals surface area contributed by atoms with Crippen molar-refractivity contribution >= 4 is 0 Å². The minimum absolute atomic E-state index is 0.468. The largest absolute Gasteiger partial charge is 0.285 e. The zero-order valence-electron chi connectivity index (χ0n) is 6.07. The van der Waals surface area contributed by atoms with Crippen LogP contribution in [0, 0.1) is 0 Å². The fourth-order valence-corrected chi connectivity index (χ4v) is 0.967. The summed E-state index contributed by atoms with van der Waals surface area (Å²) in [5.74, 6) is 0. The second-order valence-electron chi connectivity index (χ2n) is 2.38. The zero-order chi connectivity index (χ0) is 6.69. The number of nitrogens with one attached hydrogen (secondary N) is 3. The maximum Gasteiger partial charge on any atom is 0.0714 e. The highest BCUT2D eigenvalue weighted by atomic mass is 15.5. The fraction of sp³-hybridized carbons (Fsp3) is 1.00. The molecule has 54 valence electrons. The monoisotopic (exact) mass is 129 g/mol. The van der Waals surface area contributed by atoms with E-state index in [1.165, 1.54) is 0 Å². The molecule has 0 amide bonds. The molecular weight excluding hydrogens is 114 g/mol. The van der Waals surface area contributed by atoms with Gasteiger partial charge >= 0.3 is 0 Å². The minimum atomic E-state index is 0.468. The van der Waals surface area contributed by atoms with Crippen molar-refractivity contribution in [1.29, 1.82) is 0 Å². The molecule has 0 aromatic rings. The molecule has 1 aliphatic rings. The van der Waals surface area contributed by atoms with Gasteiger partial charge in [0.2, 0.25) is 0 Å². The Morgan fingerprint density at radius 3 is 1.67 bits per heavy atom. The van der Waals surface area contributed by atoms with Crippen molar-refractivity contribution in [1.82, 2.24) is 16.2 Å². The molecule has 3 heteroatoms. The van der Waals surface area contributed by atoms with E-state index in [9.17, 15) is 0 Å². The summed E-state index contributed by atoms with van der Waals surface area (Å²) in [7, 11) is 0. The summed E-state index contributed by atoms with van der Waals surface area (Å²) in [5, 5.41) is 3.37. The van der Waals surface area contributed by atoms with Crippen LogP contribution in [0.5, 0.6) is 0 Å². The summed E-state index contributed by atoms with van der Waals surface area (Å²) in [6.07, 6.45) is 3.19. The summed E-state index contributed by atoms with van der Waals surface area (Å²) in [5.41, 5.74) is 6.29. The van der Waals surface area contributed by atoms with Crippen LogP contribution in [0.25, 0.3) is 0 Å². The van der Waals surface area contributed by atoms with Crippen molar-refractivity contribution < 1.29 is 0 Å². The Kier molecular flexibility index (Phi) is 2.45. The minimum Gasteiger partial charge on any atom is -0.285 e. The number of hydrogen-bond acceptors (Lipinski definition) is 3. The van der Waals surface area contributed by atoms with Crippen LogP contribution in [0.2, 0.25) is 0 Å². The lowest BCUT2D eigenvalue weighted by Gasteiger charge is -2.06. The normalized spacial score (nSPS) is 35.3. The maximum absolute atomic E-state index is 3.37. The van der Waals surface area contributed by atoms with Crippen molar-refractivity contribution in [2.75, 3.05) is 0 Å². The molecule has 0 bridgehead atoms. The van der Waals surface area contributed by atoms with Gasteiger partial charge in [-0.05, 0) is 12.8 Å². The Bertz CT molecular complexity index is 74.4. The molecule has 0 aromatic heterocycles. The molecule has 0 aromatic carbocycles. The molecule has 1 rings (SSSR count). The fourth-order valence-electron chi connectivity index (χ4n) is 0.967. The van der Waals surface area contributed by atoms with E-state index < -0.39 is 0 Å². The van der Waals surface area contributed by atoms with Crippen molar-refractivity contribution in [2.24, 2.45) is 0 Å². The summed E-state index contributed by atoms with van der Waals surface area (Å²) in [4.78, 5) is 0. The van der Waals surface area contributed by atoms with E-state index in [-0.39, 0.29) is 0 Å². The highest BCUT2D eigenvalue weighted by Gasteiger charge is 2.17. The average Bonchev–Trinajstić information content (AvgIpc) is 2.34. The Morgan fingerprint density at radius 2 is 1.44 bits per heavy atom. The first-order chi connectivity index (χ1) is 4.36. The smallest absolute Gasteiger partial charge is 0.0714 e. The Labute approximate surface area is 56.2 Å². The van der Waals surface area contributed by atoms with Gasteiger partial charge in [-0.25, -0.2) is 10.9 Å². The van der Waals surface area contributed by atoms with Gasteiger partial charge in [-0.15, -0.1) is 0 Å². The third-order valence-electron chi connectivity index (χ3n) is 1.65. The van der Waals surface area contributed by atoms with Crippen LogP contribution >= 0.6 is 0 Å². The van der Waals surface area contributed by atoms with Crippen LogP contribution in [0.15, 0.2) is 0 Å². The standard InChI is InChI=1S/C6H15N3/c1-3-5-7-6(4-2)9-8-5/h5-9H,3-4H2,1-2H3. The third-order valence-corrected chi connectivity index (χ3v) is 1.65. The van der Waals surface area contributed by atoms with Gasteiger partial charge in [0.15, 0.2) is 0 Å². The van der Waals surface area contributed by atoms with E-state index in [0.29, 0.717) is 12.3 Å². The van der Waals surface area contributed by atoms with Crippen molar-refractivity contribution in [3.05, 3.63) is 0 Å². The number of hydrazine groups is 1. The lowest BCUT2D eigenvalue weighted by atomic mass is 10.3. The first-order valence-corrected chi connectivity index (χ1v) is 3.64. The number of rotatable bonds is 2. The molecule has 3 N–H and O–H groups in total. The summed E-state index contributed by atoms with van der Waals surface area (Å²) < 4.78 is 0. The first kappa shape index (κ1) is 6.99. The van der Waals surface area contributed by atoms with Crippen LogP contribution in [0.1, 0.15) is 26.7 Å². The maximum atomic E-state index is 3.37. The molecule has 3 nitrogen and oxygen atoms in total. The highest BCUT2D eigenvalue weighted by molar-refractivity contribution is 4.73. The SMILES string of the molecule is CCC1NNC(CC)N1. The van der Waals surface area contributed by atoms with Crippen LogP contribution < -0.4 is 16.2 Å². The van der Waals surface area contributed by atoms with Crippen molar-refractivity contribution in [2.45, 2.75) is 39.0 Å². The highest BCUT2D eigenvalue weighted by Crippen LogP contribution is 1.95. The van der Waals surface area contributed by atoms with Gasteiger partial charge in [0, 0.05) is 0 Å². The van der Waals surface area contributed by atoms with E-state index >= 15 is 0 Å². The lowest BCUT2D eigenvalue weighted by molar-refractivity contribution is 0.500. The molecule has 0 aliphatic carbocycles. The van der Waals surface area contributed by atoms with Gasteiger partial charge in [0.25, 0.3) is 0 Å². The Balaban J connectivity index is 2.20. The van der Waals surface area contributed by atoms with E-state index in [2.05, 4.69) is 30.0 Å². The molecule has 0 saturated carbocycles.